The number of hydrogen-bond donors (Lipinski definition) is 0. The van der Waals surface area contributed by atoms with Gasteiger partial charge in [-0.3, -0.25) is 4.79 Å². The van der Waals surface area contributed by atoms with Gasteiger partial charge in [0.25, 0.3) is 0 Å². The molecule has 0 saturated carbocycles. The Kier molecular flexibility index (Phi) is 12.0. The summed E-state index contributed by atoms with van der Waals surface area (Å²) in [4.78, 5) is 10.2. The molecule has 0 aromatic rings. The van der Waals surface area contributed by atoms with Gasteiger partial charge in [0, 0.05) is 6.42 Å². The summed E-state index contributed by atoms with van der Waals surface area (Å²) in [5.74, 6) is -0.123. The number of hydrogen-bond acceptors (Lipinski definition) is 2. The number of esters is 1. The van der Waals surface area contributed by atoms with Gasteiger partial charge in [-0.1, -0.05) is 6.92 Å². The van der Waals surface area contributed by atoms with Gasteiger partial charge in [-0.05, 0) is 6.92 Å². The Bertz CT molecular complexity index is 68.0. The maximum Gasteiger partial charge on any atom is 1.00 e. The minimum Gasteiger partial charge on any atom is -1.00 e. The Hall–Kier alpha value is 1.11. The fourth-order valence-electron chi connectivity index (χ4n) is 0.263. The Labute approximate surface area is 93.9 Å². The molecule has 0 spiro atoms. The zero-order valence-corrected chi connectivity index (χ0v) is 8.85. The van der Waals surface area contributed by atoms with Crippen LogP contribution >= 0.6 is 0 Å². The van der Waals surface area contributed by atoms with E-state index in [1.54, 1.807) is 13.8 Å². The van der Waals surface area contributed by atoms with Crippen molar-refractivity contribution >= 4 is 5.97 Å². The second kappa shape index (κ2) is 8.11. The fourth-order valence-corrected chi connectivity index (χ4v) is 0.263. The van der Waals surface area contributed by atoms with E-state index in [1.165, 1.54) is 0 Å². The molecule has 0 heterocycles. The van der Waals surface area contributed by atoms with Crippen LogP contribution in [0.5, 0.6) is 0 Å². The summed E-state index contributed by atoms with van der Waals surface area (Å²) < 4.78 is 4.55. The van der Waals surface area contributed by atoms with Crippen LogP contribution in [0.15, 0.2) is 0 Å². The summed E-state index contributed by atoms with van der Waals surface area (Å²) in [5, 5.41) is 0. The van der Waals surface area contributed by atoms with Gasteiger partial charge >= 0.3 is 57.4 Å². The molecule has 0 N–H and O–H groups in total. The molecule has 0 amide bonds. The van der Waals surface area contributed by atoms with Crippen molar-refractivity contribution in [3.05, 3.63) is 0 Å². The Morgan fingerprint density at radius 3 is 2.25 bits per heavy atom. The summed E-state index contributed by atoms with van der Waals surface area (Å²) in [6, 6.07) is 0. The van der Waals surface area contributed by atoms with E-state index in [9.17, 15) is 4.79 Å². The Morgan fingerprint density at radius 2 is 2.12 bits per heavy atom. The van der Waals surface area contributed by atoms with Crippen molar-refractivity contribution < 1.29 is 62.3 Å². The summed E-state index contributed by atoms with van der Waals surface area (Å²) in [6.07, 6.45) is 0.480. The second-order valence-electron chi connectivity index (χ2n) is 1.16. The van der Waals surface area contributed by atoms with Gasteiger partial charge < -0.3 is 6.16 Å². The third kappa shape index (κ3) is 7.11. The molecule has 2 nitrogen and oxygen atoms in total. The van der Waals surface area contributed by atoms with E-state index in [4.69, 9.17) is 0 Å². The maximum absolute atomic E-state index is 10.2. The van der Waals surface area contributed by atoms with E-state index < -0.39 is 0 Å². The topological polar surface area (TPSA) is 26.3 Å². The van der Waals surface area contributed by atoms with Crippen LogP contribution in [-0.4, -0.2) is 12.6 Å². The number of ether oxygens (including phenoxy) is 1. The molecule has 44 valence electrons. The van der Waals surface area contributed by atoms with Gasteiger partial charge in [-0.15, -0.1) is 0 Å². The van der Waals surface area contributed by atoms with Gasteiger partial charge in [0.05, 0.1) is 6.61 Å². The largest absolute Gasteiger partial charge is 1.00 e. The SMILES string of the molecule is CCOC(=O)CC.[H-].[K+]. The van der Waals surface area contributed by atoms with Crippen LogP contribution in [0.25, 0.3) is 0 Å². The second-order valence-corrected chi connectivity index (χ2v) is 1.16. The van der Waals surface area contributed by atoms with Crippen LogP contribution in [0.2, 0.25) is 0 Å². The molecule has 0 aliphatic carbocycles. The quantitative estimate of drug-likeness (QED) is 0.332. The monoisotopic (exact) mass is 142 g/mol. The zero-order chi connectivity index (χ0) is 5.70. The first-order valence-corrected chi connectivity index (χ1v) is 2.46. The van der Waals surface area contributed by atoms with E-state index >= 15 is 0 Å². The number of rotatable bonds is 2. The number of carbonyl (C=O) groups is 1. The van der Waals surface area contributed by atoms with Gasteiger partial charge in [-0.2, -0.15) is 0 Å². The predicted molar refractivity (Wildman–Crippen MR) is 28.0 cm³/mol. The fraction of sp³-hybridized carbons (Fsp3) is 0.800. The zero-order valence-electron chi connectivity index (χ0n) is 6.73. The van der Waals surface area contributed by atoms with Crippen molar-refractivity contribution in [2.45, 2.75) is 20.3 Å². The normalized spacial score (nSPS) is 7.25. The molecular weight excluding hydrogens is 131 g/mol. The van der Waals surface area contributed by atoms with E-state index in [0.717, 1.165) is 0 Å². The van der Waals surface area contributed by atoms with Gasteiger partial charge in [0.2, 0.25) is 0 Å². The molecule has 0 radical (unpaired) electrons. The van der Waals surface area contributed by atoms with E-state index in [1.807, 2.05) is 0 Å². The first-order chi connectivity index (χ1) is 3.31. The molecule has 0 unspecified atom stereocenters. The first-order valence-electron chi connectivity index (χ1n) is 2.46. The molecule has 0 aliphatic rings. The molecule has 0 rings (SSSR count). The van der Waals surface area contributed by atoms with Crippen LogP contribution in [0, 0.1) is 0 Å². The van der Waals surface area contributed by atoms with Crippen LogP contribution in [0.4, 0.5) is 0 Å². The first kappa shape index (κ1) is 11.8. The molecule has 8 heavy (non-hydrogen) atoms. The van der Waals surface area contributed by atoms with Gasteiger partial charge in [0.1, 0.15) is 0 Å². The molecular formula is C5H11KO2. The van der Waals surface area contributed by atoms with Gasteiger partial charge in [0.15, 0.2) is 0 Å². The summed E-state index contributed by atoms with van der Waals surface area (Å²) in [5.41, 5.74) is 0. The van der Waals surface area contributed by atoms with Crippen LogP contribution in [0.1, 0.15) is 21.7 Å². The van der Waals surface area contributed by atoms with Crippen molar-refractivity contribution in [1.29, 1.82) is 0 Å². The summed E-state index contributed by atoms with van der Waals surface area (Å²) >= 11 is 0. The van der Waals surface area contributed by atoms with E-state index in [-0.39, 0.29) is 58.8 Å². The third-order valence-corrected chi connectivity index (χ3v) is 0.594. The summed E-state index contributed by atoms with van der Waals surface area (Å²) in [6.45, 7) is 4.07. The van der Waals surface area contributed by atoms with E-state index in [2.05, 4.69) is 4.74 Å². The van der Waals surface area contributed by atoms with Crippen LogP contribution in [-0.2, 0) is 9.53 Å². The Morgan fingerprint density at radius 1 is 1.62 bits per heavy atom. The van der Waals surface area contributed by atoms with Crippen molar-refractivity contribution in [3.63, 3.8) is 0 Å². The molecule has 0 atom stereocenters. The summed E-state index contributed by atoms with van der Waals surface area (Å²) in [7, 11) is 0. The van der Waals surface area contributed by atoms with Crippen molar-refractivity contribution in [3.8, 4) is 0 Å². The van der Waals surface area contributed by atoms with Crippen molar-refractivity contribution in [1.82, 2.24) is 0 Å². The van der Waals surface area contributed by atoms with Crippen molar-refractivity contribution in [2.24, 2.45) is 0 Å². The molecule has 0 saturated heterocycles. The molecule has 0 aliphatic heterocycles. The predicted octanol–water partition coefficient (Wildman–Crippen LogP) is -1.92. The average Bonchev–Trinajstić information content (AvgIpc) is 1.68. The minimum absolute atomic E-state index is 0. The molecule has 0 bridgehead atoms. The van der Waals surface area contributed by atoms with Crippen LogP contribution < -0.4 is 51.4 Å². The molecule has 3 heteroatoms. The molecule has 0 aromatic carbocycles. The van der Waals surface area contributed by atoms with Crippen LogP contribution in [0.3, 0.4) is 0 Å². The maximum atomic E-state index is 10.2. The third-order valence-electron chi connectivity index (χ3n) is 0.594. The molecule has 0 fully saturated rings. The Balaban J connectivity index is -0.000000180. The van der Waals surface area contributed by atoms with E-state index in [0.29, 0.717) is 13.0 Å². The van der Waals surface area contributed by atoms with Gasteiger partial charge in [-0.25, -0.2) is 0 Å². The smallest absolute Gasteiger partial charge is 1.00 e. The van der Waals surface area contributed by atoms with Crippen molar-refractivity contribution in [2.75, 3.05) is 6.61 Å². The average molecular weight is 142 g/mol. The molecule has 0 aromatic heterocycles. The standard InChI is InChI=1S/C5H10O2.K.H/c1-3-5(6)7-4-2;;/h3-4H2,1-2H3;;/q;+1;-1. The number of carbonyl (C=O) groups excluding carboxylic acids is 1. The minimum atomic E-state index is -0.123.